The van der Waals surface area contributed by atoms with Crippen LogP contribution in [-0.2, 0) is 18.8 Å². The molecule has 1 aromatic rings. The first-order valence-electron chi connectivity index (χ1n) is 8.14. The minimum absolute atomic E-state index is 0.128. The summed E-state index contributed by atoms with van der Waals surface area (Å²) in [6.07, 6.45) is -0.357. The molecular weight excluding hydrogens is 336 g/mol. The van der Waals surface area contributed by atoms with E-state index in [4.69, 9.17) is 14.0 Å². The molecule has 0 bridgehead atoms. The van der Waals surface area contributed by atoms with E-state index in [0.29, 0.717) is 12.1 Å². The molecule has 2 rings (SSSR count). The molecule has 0 aliphatic carbocycles. The zero-order valence-electron chi connectivity index (χ0n) is 15.0. The molecule has 0 N–H and O–H groups in total. The highest BCUT2D eigenvalue weighted by molar-refractivity contribution is 6.48. The predicted molar refractivity (Wildman–Crippen MR) is 86.4 cm³/mol. The molecule has 0 spiro atoms. The highest BCUT2D eigenvalue weighted by Crippen LogP contribution is 2.42. The number of hydrogen-bond acceptors (Lipinski definition) is 4. The van der Waals surface area contributed by atoms with Crippen molar-refractivity contribution in [3.63, 3.8) is 0 Å². The van der Waals surface area contributed by atoms with Gasteiger partial charge in [0.15, 0.2) is 0 Å². The Morgan fingerprint density at radius 3 is 2.04 bits per heavy atom. The number of ether oxygens (including phenoxy) is 1. The van der Waals surface area contributed by atoms with Gasteiger partial charge in [-0.3, -0.25) is 4.79 Å². The van der Waals surface area contributed by atoms with Crippen molar-refractivity contribution in [2.24, 2.45) is 0 Å². The molecular formula is C17H22BF3O4. The van der Waals surface area contributed by atoms with Crippen LogP contribution in [0.1, 0.15) is 52.4 Å². The van der Waals surface area contributed by atoms with Gasteiger partial charge in [-0.15, -0.1) is 0 Å². The average Bonchev–Trinajstić information content (AvgIpc) is 2.65. The van der Waals surface area contributed by atoms with Gasteiger partial charge in [-0.1, -0.05) is 0 Å². The van der Waals surface area contributed by atoms with Crippen LogP contribution in [-0.4, -0.2) is 30.9 Å². The lowest BCUT2D eigenvalue weighted by molar-refractivity contribution is -0.143. The standard InChI is InChI=1S/C17H22BF3O4/c1-6-23-14(22)9-11(15-12(20)7-10(19)8-13(15)21)18-24-16(2,3)17(4,5)25-18/h7-8,11H,6,9H2,1-5H3. The molecule has 0 amide bonds. The Morgan fingerprint density at radius 1 is 1.12 bits per heavy atom. The van der Waals surface area contributed by atoms with E-state index >= 15 is 0 Å². The topological polar surface area (TPSA) is 44.8 Å². The lowest BCUT2D eigenvalue weighted by atomic mass is 9.66. The fraction of sp³-hybridized carbons (Fsp3) is 0.588. The van der Waals surface area contributed by atoms with Crippen LogP contribution in [0, 0.1) is 17.5 Å². The van der Waals surface area contributed by atoms with Gasteiger partial charge in [0.2, 0.25) is 0 Å². The molecule has 8 heteroatoms. The summed E-state index contributed by atoms with van der Waals surface area (Å²) in [7, 11) is -1.08. The molecule has 25 heavy (non-hydrogen) atoms. The number of rotatable bonds is 5. The van der Waals surface area contributed by atoms with Crippen molar-refractivity contribution >= 4 is 13.1 Å². The maximum Gasteiger partial charge on any atom is 0.466 e. The van der Waals surface area contributed by atoms with Crippen LogP contribution >= 0.6 is 0 Å². The van der Waals surface area contributed by atoms with Gasteiger partial charge >= 0.3 is 13.1 Å². The molecule has 1 aliphatic rings. The summed E-state index contributed by atoms with van der Waals surface area (Å²) >= 11 is 0. The van der Waals surface area contributed by atoms with E-state index in [2.05, 4.69) is 0 Å². The van der Waals surface area contributed by atoms with Crippen molar-refractivity contribution in [2.75, 3.05) is 6.61 Å². The third kappa shape index (κ3) is 4.01. The van der Waals surface area contributed by atoms with Crippen LogP contribution in [0.2, 0.25) is 0 Å². The molecule has 0 aromatic heterocycles. The van der Waals surface area contributed by atoms with Crippen LogP contribution in [0.3, 0.4) is 0 Å². The maximum atomic E-state index is 14.3. The number of carbonyl (C=O) groups is 1. The van der Waals surface area contributed by atoms with E-state index in [1.54, 1.807) is 34.6 Å². The quantitative estimate of drug-likeness (QED) is 0.594. The first-order valence-corrected chi connectivity index (χ1v) is 8.14. The number of esters is 1. The monoisotopic (exact) mass is 358 g/mol. The zero-order chi connectivity index (χ0) is 19.0. The second-order valence-corrected chi connectivity index (χ2v) is 7.02. The summed E-state index contributed by atoms with van der Waals surface area (Å²) in [5, 5.41) is 0. The lowest BCUT2D eigenvalue weighted by Crippen LogP contribution is -2.41. The number of benzene rings is 1. The molecule has 1 aromatic carbocycles. The predicted octanol–water partition coefficient (Wildman–Crippen LogP) is 3.77. The van der Waals surface area contributed by atoms with Gasteiger partial charge < -0.3 is 14.0 Å². The minimum atomic E-state index is -1.11. The summed E-state index contributed by atoms with van der Waals surface area (Å²) in [5.41, 5.74) is -1.96. The smallest absolute Gasteiger partial charge is 0.466 e. The van der Waals surface area contributed by atoms with E-state index < -0.39 is 53.1 Å². The summed E-state index contributed by atoms with van der Waals surface area (Å²) in [6, 6.07) is 1.14. The Bertz CT molecular complexity index is 624. The third-order valence-electron chi connectivity index (χ3n) is 4.71. The second-order valence-electron chi connectivity index (χ2n) is 7.02. The van der Waals surface area contributed by atoms with E-state index in [1.807, 2.05) is 0 Å². The van der Waals surface area contributed by atoms with Gasteiger partial charge in [0.1, 0.15) is 17.5 Å². The largest absolute Gasteiger partial charge is 0.466 e. The fourth-order valence-corrected chi connectivity index (χ4v) is 2.69. The first-order chi connectivity index (χ1) is 11.5. The maximum absolute atomic E-state index is 14.3. The zero-order valence-corrected chi connectivity index (χ0v) is 15.0. The van der Waals surface area contributed by atoms with Crippen LogP contribution in [0.15, 0.2) is 12.1 Å². The summed E-state index contributed by atoms with van der Waals surface area (Å²) < 4.78 is 58.4. The summed E-state index contributed by atoms with van der Waals surface area (Å²) in [6.45, 7) is 8.89. The molecule has 1 unspecified atom stereocenters. The van der Waals surface area contributed by atoms with Gasteiger partial charge in [-0.2, -0.15) is 0 Å². The van der Waals surface area contributed by atoms with Crippen molar-refractivity contribution < 1.29 is 32.0 Å². The van der Waals surface area contributed by atoms with Gasteiger partial charge in [0, 0.05) is 23.5 Å². The molecule has 0 saturated carbocycles. The molecule has 138 valence electrons. The highest BCUT2D eigenvalue weighted by Gasteiger charge is 2.55. The molecule has 1 saturated heterocycles. The van der Waals surface area contributed by atoms with E-state index in [1.165, 1.54) is 0 Å². The molecule has 1 aliphatic heterocycles. The minimum Gasteiger partial charge on any atom is -0.466 e. The van der Waals surface area contributed by atoms with Gasteiger partial charge in [-0.25, -0.2) is 13.2 Å². The Kier molecular flexibility index (Phi) is 5.54. The second kappa shape index (κ2) is 7.00. The molecule has 4 nitrogen and oxygen atoms in total. The van der Waals surface area contributed by atoms with Crippen molar-refractivity contribution in [3.05, 3.63) is 35.1 Å². The molecule has 0 radical (unpaired) electrons. The molecule has 1 heterocycles. The van der Waals surface area contributed by atoms with Gasteiger partial charge in [-0.05, 0) is 34.6 Å². The average molecular weight is 358 g/mol. The van der Waals surface area contributed by atoms with Crippen molar-refractivity contribution in [1.29, 1.82) is 0 Å². The SMILES string of the molecule is CCOC(=O)CC(B1OC(C)(C)C(C)(C)O1)c1c(F)cc(F)cc1F. The van der Waals surface area contributed by atoms with E-state index in [9.17, 15) is 18.0 Å². The van der Waals surface area contributed by atoms with Crippen LogP contribution in [0.25, 0.3) is 0 Å². The van der Waals surface area contributed by atoms with Crippen LogP contribution < -0.4 is 0 Å². The Morgan fingerprint density at radius 2 is 1.60 bits per heavy atom. The first kappa shape index (κ1) is 19.8. The van der Waals surface area contributed by atoms with E-state index in [-0.39, 0.29) is 13.0 Å². The Labute approximate surface area is 145 Å². The Balaban J connectivity index is 2.44. The van der Waals surface area contributed by atoms with Crippen molar-refractivity contribution in [3.8, 4) is 0 Å². The number of carbonyl (C=O) groups excluding carboxylic acids is 1. The van der Waals surface area contributed by atoms with Gasteiger partial charge in [0.25, 0.3) is 0 Å². The molecule has 1 fully saturated rings. The fourth-order valence-electron chi connectivity index (χ4n) is 2.69. The summed E-state index contributed by atoms with van der Waals surface area (Å²) in [4.78, 5) is 11.9. The lowest BCUT2D eigenvalue weighted by Gasteiger charge is -2.32. The Hall–Kier alpha value is -1.54. The van der Waals surface area contributed by atoms with Gasteiger partial charge in [0.05, 0.1) is 24.2 Å². The normalized spacial score (nSPS) is 19.8. The number of halogens is 3. The molecule has 1 atom stereocenters. The van der Waals surface area contributed by atoms with Crippen molar-refractivity contribution in [1.82, 2.24) is 0 Å². The number of hydrogen-bond donors (Lipinski definition) is 0. The summed E-state index contributed by atoms with van der Waals surface area (Å²) in [5.74, 6) is -4.99. The third-order valence-corrected chi connectivity index (χ3v) is 4.71. The van der Waals surface area contributed by atoms with E-state index in [0.717, 1.165) is 0 Å². The van der Waals surface area contributed by atoms with Crippen LogP contribution in [0.5, 0.6) is 0 Å². The van der Waals surface area contributed by atoms with Crippen LogP contribution in [0.4, 0.5) is 13.2 Å². The van der Waals surface area contributed by atoms with Crippen molar-refractivity contribution in [2.45, 2.75) is 58.1 Å². The highest BCUT2D eigenvalue weighted by atomic mass is 19.1.